The zero-order chi connectivity index (χ0) is 14.2. The fourth-order valence-corrected chi connectivity index (χ4v) is 3.72. The SMILES string of the molecule is CCOC(=O)/C=C\P(c1ccccc1)c1ccccc1. The lowest BCUT2D eigenvalue weighted by Gasteiger charge is -2.14. The molecule has 0 fully saturated rings. The normalized spacial score (nSPS) is 10.9. The Balaban J connectivity index is 2.28. The molecule has 2 aromatic carbocycles. The first kappa shape index (κ1) is 14.5. The third-order valence-electron chi connectivity index (χ3n) is 2.72. The van der Waals surface area contributed by atoms with Crippen LogP contribution in [-0.4, -0.2) is 12.6 Å². The zero-order valence-electron chi connectivity index (χ0n) is 11.4. The first-order valence-corrected chi connectivity index (χ1v) is 7.96. The maximum Gasteiger partial charge on any atom is 0.330 e. The molecule has 2 aromatic rings. The number of ether oxygens (including phenoxy) is 1. The Hall–Kier alpha value is -1.92. The Morgan fingerprint density at radius 3 is 1.95 bits per heavy atom. The molecular formula is C17H17O2P. The minimum absolute atomic E-state index is 0.285. The van der Waals surface area contributed by atoms with E-state index in [1.165, 1.54) is 16.7 Å². The molecule has 0 amide bonds. The van der Waals surface area contributed by atoms with E-state index in [-0.39, 0.29) is 5.97 Å². The van der Waals surface area contributed by atoms with Gasteiger partial charge in [0.25, 0.3) is 0 Å². The van der Waals surface area contributed by atoms with E-state index in [2.05, 4.69) is 24.3 Å². The molecule has 3 heteroatoms. The molecule has 0 aliphatic heterocycles. The van der Waals surface area contributed by atoms with Crippen LogP contribution in [0, 0.1) is 0 Å². The van der Waals surface area contributed by atoms with Crippen molar-refractivity contribution in [3.8, 4) is 0 Å². The van der Waals surface area contributed by atoms with Gasteiger partial charge in [-0.25, -0.2) is 4.79 Å². The summed E-state index contributed by atoms with van der Waals surface area (Å²) in [5, 5.41) is 2.43. The highest BCUT2D eigenvalue weighted by Gasteiger charge is 2.10. The fourth-order valence-electron chi connectivity index (χ4n) is 1.82. The second kappa shape index (κ2) is 7.62. The van der Waals surface area contributed by atoms with E-state index in [1.807, 2.05) is 49.1 Å². The minimum atomic E-state index is -0.676. The Kier molecular flexibility index (Phi) is 5.52. The Morgan fingerprint density at radius 1 is 1.00 bits per heavy atom. The van der Waals surface area contributed by atoms with Gasteiger partial charge in [0.05, 0.1) is 6.61 Å². The number of rotatable bonds is 5. The Morgan fingerprint density at radius 2 is 1.50 bits per heavy atom. The molecule has 0 heterocycles. The lowest BCUT2D eigenvalue weighted by atomic mass is 10.4. The van der Waals surface area contributed by atoms with Crippen molar-refractivity contribution in [2.45, 2.75) is 6.92 Å². The average Bonchev–Trinajstić information content (AvgIpc) is 2.50. The van der Waals surface area contributed by atoms with Gasteiger partial charge in [0, 0.05) is 6.08 Å². The second-order valence-electron chi connectivity index (χ2n) is 4.11. The summed E-state index contributed by atoms with van der Waals surface area (Å²) in [7, 11) is -0.676. The zero-order valence-corrected chi connectivity index (χ0v) is 12.3. The second-order valence-corrected chi connectivity index (χ2v) is 6.18. The van der Waals surface area contributed by atoms with E-state index in [0.717, 1.165) is 0 Å². The number of benzene rings is 2. The highest BCUT2D eigenvalue weighted by molar-refractivity contribution is 7.75. The molecule has 102 valence electrons. The quantitative estimate of drug-likeness (QED) is 0.479. The first-order chi connectivity index (χ1) is 9.81. The highest BCUT2D eigenvalue weighted by Crippen LogP contribution is 2.34. The molecular weight excluding hydrogens is 267 g/mol. The van der Waals surface area contributed by atoms with Crippen LogP contribution in [0.15, 0.2) is 72.6 Å². The lowest BCUT2D eigenvalue weighted by molar-refractivity contribution is -0.137. The molecule has 0 N–H and O–H groups in total. The van der Waals surface area contributed by atoms with Crippen LogP contribution in [0.3, 0.4) is 0 Å². The van der Waals surface area contributed by atoms with E-state index >= 15 is 0 Å². The summed E-state index contributed by atoms with van der Waals surface area (Å²) in [6.07, 6.45) is 1.54. The van der Waals surface area contributed by atoms with Gasteiger partial charge in [-0.15, -0.1) is 0 Å². The number of carbonyl (C=O) groups excluding carboxylic acids is 1. The van der Waals surface area contributed by atoms with Crippen molar-refractivity contribution in [3.63, 3.8) is 0 Å². The van der Waals surface area contributed by atoms with E-state index in [0.29, 0.717) is 6.61 Å². The molecule has 0 atom stereocenters. The molecule has 0 saturated carbocycles. The van der Waals surface area contributed by atoms with E-state index < -0.39 is 7.92 Å². The van der Waals surface area contributed by atoms with Crippen LogP contribution >= 0.6 is 7.92 Å². The van der Waals surface area contributed by atoms with Gasteiger partial charge in [0.1, 0.15) is 0 Å². The standard InChI is InChI=1S/C17H17O2P/c1-2-19-17(18)13-14-20(15-9-5-3-6-10-15)16-11-7-4-8-12-16/h3-14H,2H2,1H3/b14-13-. The molecule has 2 rings (SSSR count). The number of esters is 1. The van der Waals surface area contributed by atoms with Crippen LogP contribution < -0.4 is 10.6 Å². The number of hydrogen-bond donors (Lipinski definition) is 0. The molecule has 0 aliphatic rings. The van der Waals surface area contributed by atoms with Crippen molar-refractivity contribution in [1.29, 1.82) is 0 Å². The third-order valence-corrected chi connectivity index (χ3v) is 4.87. The van der Waals surface area contributed by atoms with Crippen molar-refractivity contribution in [2.75, 3.05) is 6.61 Å². The van der Waals surface area contributed by atoms with E-state index in [1.54, 1.807) is 0 Å². The van der Waals surface area contributed by atoms with Crippen LogP contribution in [-0.2, 0) is 9.53 Å². The van der Waals surface area contributed by atoms with E-state index in [4.69, 9.17) is 4.74 Å². The molecule has 0 radical (unpaired) electrons. The monoisotopic (exact) mass is 284 g/mol. The summed E-state index contributed by atoms with van der Waals surface area (Å²) in [5.74, 6) is 1.67. The summed E-state index contributed by atoms with van der Waals surface area (Å²) < 4.78 is 4.95. The van der Waals surface area contributed by atoms with Gasteiger partial charge in [-0.3, -0.25) is 0 Å². The van der Waals surface area contributed by atoms with Crippen molar-refractivity contribution in [3.05, 3.63) is 72.6 Å². The molecule has 0 spiro atoms. The highest BCUT2D eigenvalue weighted by atomic mass is 31.1. The van der Waals surface area contributed by atoms with Gasteiger partial charge >= 0.3 is 5.97 Å². The number of carbonyl (C=O) groups is 1. The van der Waals surface area contributed by atoms with Crippen molar-refractivity contribution in [2.24, 2.45) is 0 Å². The van der Waals surface area contributed by atoms with Crippen LogP contribution in [0.5, 0.6) is 0 Å². The van der Waals surface area contributed by atoms with Gasteiger partial charge in [0.15, 0.2) is 0 Å². The molecule has 0 saturated heterocycles. The molecule has 20 heavy (non-hydrogen) atoms. The van der Waals surface area contributed by atoms with Crippen molar-refractivity contribution >= 4 is 24.5 Å². The molecule has 0 unspecified atom stereocenters. The molecule has 0 bridgehead atoms. The van der Waals surface area contributed by atoms with E-state index in [9.17, 15) is 4.79 Å². The van der Waals surface area contributed by atoms with Gasteiger partial charge in [-0.2, -0.15) is 0 Å². The summed E-state index contributed by atoms with van der Waals surface area (Å²) in [6, 6.07) is 20.4. The van der Waals surface area contributed by atoms with Crippen LogP contribution in [0.4, 0.5) is 0 Å². The summed E-state index contributed by atoms with van der Waals surface area (Å²) in [4.78, 5) is 11.5. The Labute approximate surface area is 120 Å². The maximum atomic E-state index is 11.5. The van der Waals surface area contributed by atoms with Crippen molar-refractivity contribution < 1.29 is 9.53 Å². The Bertz CT molecular complexity index is 525. The summed E-state index contributed by atoms with van der Waals surface area (Å²) in [6.45, 7) is 2.21. The largest absolute Gasteiger partial charge is 0.463 e. The number of hydrogen-bond acceptors (Lipinski definition) is 2. The smallest absolute Gasteiger partial charge is 0.330 e. The first-order valence-electron chi connectivity index (χ1n) is 6.55. The molecule has 2 nitrogen and oxygen atoms in total. The minimum Gasteiger partial charge on any atom is -0.463 e. The third kappa shape index (κ3) is 4.04. The fraction of sp³-hybridized carbons (Fsp3) is 0.118. The molecule has 0 aromatic heterocycles. The van der Waals surface area contributed by atoms with Gasteiger partial charge in [-0.05, 0) is 31.3 Å². The summed E-state index contributed by atoms with van der Waals surface area (Å²) in [5.41, 5.74) is 0. The van der Waals surface area contributed by atoms with Gasteiger partial charge in [-0.1, -0.05) is 60.7 Å². The van der Waals surface area contributed by atoms with Crippen molar-refractivity contribution in [1.82, 2.24) is 0 Å². The van der Waals surface area contributed by atoms with Crippen LogP contribution in [0.25, 0.3) is 0 Å². The average molecular weight is 284 g/mol. The van der Waals surface area contributed by atoms with Gasteiger partial charge < -0.3 is 4.74 Å². The van der Waals surface area contributed by atoms with Crippen LogP contribution in [0.2, 0.25) is 0 Å². The summed E-state index contributed by atoms with van der Waals surface area (Å²) >= 11 is 0. The predicted octanol–water partition coefficient (Wildman–Crippen LogP) is 3.20. The van der Waals surface area contributed by atoms with Crippen LogP contribution in [0.1, 0.15) is 6.92 Å². The molecule has 0 aliphatic carbocycles. The maximum absolute atomic E-state index is 11.5. The van der Waals surface area contributed by atoms with Gasteiger partial charge in [0.2, 0.25) is 0 Å². The predicted molar refractivity (Wildman–Crippen MR) is 84.8 cm³/mol. The lowest BCUT2D eigenvalue weighted by Crippen LogP contribution is -2.10. The topological polar surface area (TPSA) is 26.3 Å².